The lowest BCUT2D eigenvalue weighted by atomic mass is 10.4. The molecular weight excluding hydrogens is 262 g/mol. The van der Waals surface area contributed by atoms with Crippen LogP contribution in [-0.4, -0.2) is 59.1 Å². The van der Waals surface area contributed by atoms with Crippen molar-refractivity contribution >= 4 is 26.8 Å². The Balaban J connectivity index is 1.57. The maximum Gasteiger partial charge on any atom is 0.185 e. The highest BCUT2D eigenvalue weighted by molar-refractivity contribution is 7.22. The van der Waals surface area contributed by atoms with Crippen molar-refractivity contribution in [1.29, 1.82) is 0 Å². The van der Waals surface area contributed by atoms with E-state index < -0.39 is 0 Å². The highest BCUT2D eigenvalue weighted by Gasteiger charge is 2.12. The number of hydrogen-bond donors (Lipinski definition) is 1. The molecule has 0 atom stereocenters. The zero-order valence-corrected chi connectivity index (χ0v) is 12.2. The summed E-state index contributed by atoms with van der Waals surface area (Å²) in [6, 6.07) is 0. The Labute approximate surface area is 116 Å². The van der Waals surface area contributed by atoms with E-state index in [1.807, 2.05) is 18.7 Å². The molecule has 0 aromatic carbocycles. The van der Waals surface area contributed by atoms with Gasteiger partial charge >= 0.3 is 0 Å². The van der Waals surface area contributed by atoms with Crippen molar-refractivity contribution in [3.05, 3.63) is 5.69 Å². The van der Waals surface area contributed by atoms with E-state index in [9.17, 15) is 0 Å². The van der Waals surface area contributed by atoms with Gasteiger partial charge in [-0.3, -0.25) is 4.90 Å². The van der Waals surface area contributed by atoms with E-state index >= 15 is 0 Å². The summed E-state index contributed by atoms with van der Waals surface area (Å²) in [7, 11) is 1.94. The van der Waals surface area contributed by atoms with Gasteiger partial charge in [0.05, 0.1) is 23.6 Å². The van der Waals surface area contributed by atoms with Gasteiger partial charge in [0, 0.05) is 33.2 Å². The number of morpholine rings is 1. The van der Waals surface area contributed by atoms with Crippen LogP contribution in [0.4, 0.5) is 5.13 Å². The molecule has 6 nitrogen and oxygen atoms in total. The van der Waals surface area contributed by atoms with Gasteiger partial charge < -0.3 is 10.1 Å². The summed E-state index contributed by atoms with van der Waals surface area (Å²) in [6.07, 6.45) is 0. The van der Waals surface area contributed by atoms with Gasteiger partial charge in [-0.25, -0.2) is 9.67 Å². The SMILES string of the molecule is Cc1nn(C)c2nc(NCCN3CCOCC3)sc12. The molecular formula is C12H19N5OS. The van der Waals surface area contributed by atoms with Crippen molar-refractivity contribution in [1.82, 2.24) is 19.7 Å². The summed E-state index contributed by atoms with van der Waals surface area (Å²) in [5.41, 5.74) is 2.02. The molecule has 0 spiro atoms. The fourth-order valence-corrected chi connectivity index (χ4v) is 3.26. The number of hydrogen-bond acceptors (Lipinski definition) is 6. The molecule has 19 heavy (non-hydrogen) atoms. The molecule has 3 rings (SSSR count). The van der Waals surface area contributed by atoms with Gasteiger partial charge in [-0.1, -0.05) is 11.3 Å². The molecule has 2 aromatic rings. The third kappa shape index (κ3) is 2.72. The predicted molar refractivity (Wildman–Crippen MR) is 76.9 cm³/mol. The van der Waals surface area contributed by atoms with Crippen LogP contribution in [0.2, 0.25) is 0 Å². The first kappa shape index (κ1) is 12.8. The van der Waals surface area contributed by atoms with E-state index in [1.54, 1.807) is 11.3 Å². The van der Waals surface area contributed by atoms with Gasteiger partial charge in [0.25, 0.3) is 0 Å². The Bertz CT molecular complexity index is 523. The fraction of sp³-hybridized carbons (Fsp3) is 0.667. The topological polar surface area (TPSA) is 55.2 Å². The van der Waals surface area contributed by atoms with Gasteiger partial charge in [-0.2, -0.15) is 5.10 Å². The molecule has 3 heterocycles. The Morgan fingerprint density at radius 1 is 1.37 bits per heavy atom. The van der Waals surface area contributed by atoms with Gasteiger partial charge in [0.2, 0.25) is 0 Å². The molecule has 1 saturated heterocycles. The number of nitrogens with zero attached hydrogens (tertiary/aromatic N) is 4. The molecule has 0 saturated carbocycles. The molecule has 7 heteroatoms. The third-order valence-electron chi connectivity index (χ3n) is 3.35. The van der Waals surface area contributed by atoms with Gasteiger partial charge in [-0.15, -0.1) is 0 Å². The average molecular weight is 281 g/mol. The zero-order chi connectivity index (χ0) is 13.2. The predicted octanol–water partition coefficient (Wildman–Crippen LogP) is 1.08. The first-order valence-corrected chi connectivity index (χ1v) is 7.40. The second-order valence-electron chi connectivity index (χ2n) is 4.76. The van der Waals surface area contributed by atoms with Crippen molar-refractivity contribution in [2.45, 2.75) is 6.92 Å². The van der Waals surface area contributed by atoms with E-state index in [0.717, 1.165) is 55.9 Å². The van der Waals surface area contributed by atoms with Crippen LogP contribution in [0.1, 0.15) is 5.69 Å². The number of rotatable bonds is 4. The van der Waals surface area contributed by atoms with E-state index in [-0.39, 0.29) is 0 Å². The normalized spacial score (nSPS) is 17.2. The van der Waals surface area contributed by atoms with E-state index in [0.29, 0.717) is 0 Å². The second-order valence-corrected chi connectivity index (χ2v) is 5.76. The minimum Gasteiger partial charge on any atom is -0.379 e. The quantitative estimate of drug-likeness (QED) is 0.909. The second kappa shape index (κ2) is 5.44. The Morgan fingerprint density at radius 2 is 2.16 bits per heavy atom. The van der Waals surface area contributed by atoms with Crippen molar-refractivity contribution in [3.63, 3.8) is 0 Å². The Hall–Kier alpha value is -1.18. The van der Waals surface area contributed by atoms with Crippen molar-refractivity contribution in [2.24, 2.45) is 7.05 Å². The lowest BCUT2D eigenvalue weighted by molar-refractivity contribution is 0.0398. The van der Waals surface area contributed by atoms with E-state index in [4.69, 9.17) is 4.74 Å². The highest BCUT2D eigenvalue weighted by atomic mass is 32.1. The molecule has 1 aliphatic rings. The van der Waals surface area contributed by atoms with Crippen LogP contribution in [0.25, 0.3) is 10.3 Å². The average Bonchev–Trinajstić information content (AvgIpc) is 2.94. The minimum absolute atomic E-state index is 0.853. The molecule has 1 aliphatic heterocycles. The third-order valence-corrected chi connectivity index (χ3v) is 4.46. The fourth-order valence-electron chi connectivity index (χ4n) is 2.31. The summed E-state index contributed by atoms with van der Waals surface area (Å²) in [4.78, 5) is 6.99. The minimum atomic E-state index is 0.853. The Morgan fingerprint density at radius 3 is 2.89 bits per heavy atom. The van der Waals surface area contributed by atoms with E-state index in [1.165, 1.54) is 4.70 Å². The number of ether oxygens (including phenoxy) is 1. The maximum absolute atomic E-state index is 5.34. The zero-order valence-electron chi connectivity index (χ0n) is 11.3. The van der Waals surface area contributed by atoms with Gasteiger partial charge in [0.1, 0.15) is 0 Å². The molecule has 104 valence electrons. The van der Waals surface area contributed by atoms with Crippen LogP contribution in [0, 0.1) is 6.92 Å². The summed E-state index contributed by atoms with van der Waals surface area (Å²) in [5.74, 6) is 0. The molecule has 0 bridgehead atoms. The van der Waals surface area contributed by atoms with Crippen LogP contribution < -0.4 is 5.32 Å². The van der Waals surface area contributed by atoms with Crippen molar-refractivity contribution < 1.29 is 4.74 Å². The summed E-state index contributed by atoms with van der Waals surface area (Å²) >= 11 is 1.68. The van der Waals surface area contributed by atoms with Crippen LogP contribution in [0.3, 0.4) is 0 Å². The number of aromatic nitrogens is 3. The molecule has 0 amide bonds. The number of nitrogens with one attached hydrogen (secondary N) is 1. The summed E-state index contributed by atoms with van der Waals surface area (Å²) in [5, 5.41) is 8.75. The first-order valence-electron chi connectivity index (χ1n) is 6.58. The molecule has 0 radical (unpaired) electrons. The highest BCUT2D eigenvalue weighted by Crippen LogP contribution is 2.27. The van der Waals surface area contributed by atoms with Crippen LogP contribution >= 0.6 is 11.3 Å². The lowest BCUT2D eigenvalue weighted by Crippen LogP contribution is -2.38. The number of aryl methyl sites for hydroxylation is 2. The van der Waals surface area contributed by atoms with Gasteiger partial charge in [-0.05, 0) is 6.92 Å². The molecule has 2 aromatic heterocycles. The smallest absolute Gasteiger partial charge is 0.185 e. The van der Waals surface area contributed by atoms with Crippen molar-refractivity contribution in [2.75, 3.05) is 44.7 Å². The lowest BCUT2D eigenvalue weighted by Gasteiger charge is -2.26. The van der Waals surface area contributed by atoms with E-state index in [2.05, 4.69) is 20.3 Å². The van der Waals surface area contributed by atoms with Gasteiger partial charge in [0.15, 0.2) is 10.8 Å². The number of thiazole rings is 1. The van der Waals surface area contributed by atoms with Crippen LogP contribution in [-0.2, 0) is 11.8 Å². The molecule has 0 aliphatic carbocycles. The molecule has 0 unspecified atom stereocenters. The largest absolute Gasteiger partial charge is 0.379 e. The number of anilines is 1. The summed E-state index contributed by atoms with van der Waals surface area (Å²) in [6.45, 7) is 7.76. The standard InChI is InChI=1S/C12H19N5OS/c1-9-10-11(16(2)15-9)14-12(19-10)13-3-4-17-5-7-18-8-6-17/h3-8H2,1-2H3,(H,13,14). The molecule has 1 N–H and O–H groups in total. The number of fused-ring (bicyclic) bond motifs is 1. The maximum atomic E-state index is 5.34. The van der Waals surface area contributed by atoms with Crippen LogP contribution in [0.15, 0.2) is 0 Å². The monoisotopic (exact) mass is 281 g/mol. The van der Waals surface area contributed by atoms with Crippen molar-refractivity contribution in [3.8, 4) is 0 Å². The Kier molecular flexibility index (Phi) is 3.67. The van der Waals surface area contributed by atoms with Crippen LogP contribution in [0.5, 0.6) is 0 Å². The first-order chi connectivity index (χ1) is 9.24. The molecule has 1 fully saturated rings. The summed E-state index contributed by atoms with van der Waals surface area (Å²) < 4.78 is 8.36.